The van der Waals surface area contributed by atoms with E-state index in [0.29, 0.717) is 64.5 Å². The number of carboxylic acids is 1. The molecule has 0 spiro atoms. The summed E-state index contributed by atoms with van der Waals surface area (Å²) in [6.07, 6.45) is 4.61. The van der Waals surface area contributed by atoms with Crippen LogP contribution >= 0.6 is 0 Å². The van der Waals surface area contributed by atoms with Crippen molar-refractivity contribution in [2.24, 2.45) is 45.5 Å². The van der Waals surface area contributed by atoms with Gasteiger partial charge in [0.2, 0.25) is 29.5 Å². The third-order valence-electron chi connectivity index (χ3n) is 8.94. The van der Waals surface area contributed by atoms with Crippen LogP contribution in [0.15, 0.2) is 4.99 Å². The summed E-state index contributed by atoms with van der Waals surface area (Å²) in [6.45, 7) is 8.83. The number of nitrogens with one attached hydrogen (secondary N) is 4. The Balaban J connectivity index is 3.25. The van der Waals surface area contributed by atoms with Crippen molar-refractivity contribution >= 4 is 41.5 Å². The van der Waals surface area contributed by atoms with E-state index in [9.17, 15) is 33.9 Å². The Morgan fingerprint density at radius 2 is 1.25 bits per heavy atom. The zero-order chi connectivity index (χ0) is 40.1. The van der Waals surface area contributed by atoms with Gasteiger partial charge in [0, 0.05) is 13.1 Å². The fourth-order valence-corrected chi connectivity index (χ4v) is 6.19. The molecule has 0 aromatic heterocycles. The highest BCUT2D eigenvalue weighted by atomic mass is 16.4. The fraction of sp³-hybridized carbons (Fsp3) is 0.800. The molecule has 0 aromatic carbocycles. The van der Waals surface area contributed by atoms with Gasteiger partial charge in [-0.05, 0) is 102 Å². The van der Waals surface area contributed by atoms with Crippen LogP contribution in [0.5, 0.6) is 0 Å². The Morgan fingerprint density at radius 3 is 1.79 bits per heavy atom. The first-order valence-electron chi connectivity index (χ1n) is 19.0. The van der Waals surface area contributed by atoms with Gasteiger partial charge in [0.15, 0.2) is 5.96 Å². The molecule has 1 rings (SSSR count). The number of hydrogen-bond acceptors (Lipinski definition) is 10. The van der Waals surface area contributed by atoms with Crippen LogP contribution in [0.1, 0.15) is 105 Å². The van der Waals surface area contributed by atoms with Crippen LogP contribution in [0.4, 0.5) is 0 Å². The standard InChI is InChI=1S/C35H67N11O7/c1-21(2)19-23(38)29(47)42-24(13-9-17-41-35(39)40)30(48)45-27(20-22(3)4)31(49)43-25(11-5-7-15-36)33(51)46-18-10-14-28(46)32(50)44-26(34(52)53)12-6-8-16-37/h21-28H,5-20,36-38H2,1-4H3,(H,42,47)(H,43,49)(H,44,50)(H,45,48)(H,52,53)(H4,39,40,41)/t23-,24-,25-,26-,27-,28-/m0/s1. The maximum Gasteiger partial charge on any atom is 0.326 e. The van der Waals surface area contributed by atoms with Crippen molar-refractivity contribution in [3.05, 3.63) is 0 Å². The molecule has 0 saturated carbocycles. The number of nitrogens with two attached hydrogens (primary N) is 5. The van der Waals surface area contributed by atoms with Gasteiger partial charge in [-0.1, -0.05) is 27.7 Å². The molecule has 0 unspecified atom stereocenters. The van der Waals surface area contributed by atoms with Gasteiger partial charge in [-0.15, -0.1) is 0 Å². The highest BCUT2D eigenvalue weighted by Gasteiger charge is 2.39. The molecule has 5 amide bonds. The first kappa shape index (κ1) is 47.0. The van der Waals surface area contributed by atoms with Crippen LogP contribution in [-0.4, -0.2) is 114 Å². The van der Waals surface area contributed by atoms with E-state index in [2.05, 4.69) is 26.3 Å². The lowest BCUT2D eigenvalue weighted by Crippen LogP contribution is -2.59. The second-order valence-corrected chi connectivity index (χ2v) is 14.7. The highest BCUT2D eigenvalue weighted by Crippen LogP contribution is 2.21. The Morgan fingerprint density at radius 1 is 0.717 bits per heavy atom. The minimum atomic E-state index is -1.18. The number of aliphatic carboxylic acids is 1. The number of rotatable bonds is 26. The van der Waals surface area contributed by atoms with Crippen molar-refractivity contribution in [1.82, 2.24) is 26.2 Å². The van der Waals surface area contributed by atoms with Gasteiger partial charge < -0.3 is 59.9 Å². The summed E-state index contributed by atoms with van der Waals surface area (Å²) < 4.78 is 0. The molecule has 0 radical (unpaired) electrons. The summed E-state index contributed by atoms with van der Waals surface area (Å²) in [6, 6.07) is -6.05. The van der Waals surface area contributed by atoms with E-state index in [4.69, 9.17) is 28.7 Å². The predicted octanol–water partition coefficient (Wildman–Crippen LogP) is -1.27. The van der Waals surface area contributed by atoms with E-state index in [1.54, 1.807) is 0 Å². The van der Waals surface area contributed by atoms with E-state index in [1.807, 2.05) is 27.7 Å². The van der Waals surface area contributed by atoms with Crippen LogP contribution in [0.3, 0.4) is 0 Å². The molecule has 53 heavy (non-hydrogen) atoms. The van der Waals surface area contributed by atoms with Gasteiger partial charge in [0.05, 0.1) is 6.04 Å². The smallest absolute Gasteiger partial charge is 0.326 e. The van der Waals surface area contributed by atoms with Crippen molar-refractivity contribution in [3.63, 3.8) is 0 Å². The SMILES string of the molecule is CC(C)C[C@H](NC(=O)[C@H](CCCN=C(N)N)NC(=O)[C@@H](N)CC(C)C)C(=O)N[C@@H](CCCCN)C(=O)N1CCC[C@H]1C(=O)N[C@@H](CCCCN)C(=O)O. The largest absolute Gasteiger partial charge is 0.480 e. The van der Waals surface area contributed by atoms with Crippen LogP contribution in [0.2, 0.25) is 0 Å². The van der Waals surface area contributed by atoms with Crippen LogP contribution < -0.4 is 49.9 Å². The van der Waals surface area contributed by atoms with Crippen LogP contribution in [0.25, 0.3) is 0 Å². The second kappa shape index (κ2) is 25.1. The predicted molar refractivity (Wildman–Crippen MR) is 203 cm³/mol. The van der Waals surface area contributed by atoms with Gasteiger partial charge in [-0.25, -0.2) is 4.79 Å². The third-order valence-corrected chi connectivity index (χ3v) is 8.94. The highest BCUT2D eigenvalue weighted by molar-refractivity contribution is 5.96. The lowest BCUT2D eigenvalue weighted by atomic mass is 10.00. The number of carbonyl (C=O) groups excluding carboxylic acids is 5. The van der Waals surface area contributed by atoms with Crippen molar-refractivity contribution in [2.75, 3.05) is 26.2 Å². The van der Waals surface area contributed by atoms with E-state index in [1.165, 1.54) is 4.90 Å². The summed E-state index contributed by atoms with van der Waals surface area (Å²) in [5, 5.41) is 20.6. The summed E-state index contributed by atoms with van der Waals surface area (Å²) in [4.78, 5) is 85.1. The number of nitrogens with zero attached hydrogens (tertiary/aromatic N) is 2. The molecule has 1 heterocycles. The molecule has 0 aromatic rings. The van der Waals surface area contributed by atoms with Crippen LogP contribution in [-0.2, 0) is 28.8 Å². The van der Waals surface area contributed by atoms with Gasteiger partial charge in [-0.2, -0.15) is 0 Å². The minimum Gasteiger partial charge on any atom is -0.480 e. The number of likely N-dealkylation sites (tertiary alicyclic amines) is 1. The average Bonchev–Trinajstić information content (AvgIpc) is 3.57. The summed E-state index contributed by atoms with van der Waals surface area (Å²) in [5.41, 5.74) is 28.2. The molecule has 18 heteroatoms. The number of unbranched alkanes of at least 4 members (excludes halogenated alkanes) is 2. The molecule has 0 aliphatic carbocycles. The monoisotopic (exact) mass is 754 g/mol. The molecular formula is C35H67N11O7. The zero-order valence-corrected chi connectivity index (χ0v) is 32.1. The van der Waals surface area contributed by atoms with Crippen molar-refractivity contribution in [2.45, 2.75) is 141 Å². The number of carboxylic acid groups (broad SMARTS) is 1. The first-order chi connectivity index (χ1) is 25.0. The van der Waals surface area contributed by atoms with E-state index >= 15 is 0 Å². The van der Waals surface area contributed by atoms with Gasteiger partial charge in [0.1, 0.15) is 30.2 Å². The zero-order valence-electron chi connectivity index (χ0n) is 32.1. The summed E-state index contributed by atoms with van der Waals surface area (Å²) in [7, 11) is 0. The average molecular weight is 754 g/mol. The van der Waals surface area contributed by atoms with Gasteiger partial charge >= 0.3 is 5.97 Å². The topological polar surface area (TPSA) is 316 Å². The molecule has 18 nitrogen and oxygen atoms in total. The molecule has 15 N–H and O–H groups in total. The Bertz CT molecular complexity index is 1210. The normalized spacial score (nSPS) is 17.0. The molecule has 304 valence electrons. The van der Waals surface area contributed by atoms with Crippen molar-refractivity contribution in [3.8, 4) is 0 Å². The van der Waals surface area contributed by atoms with Gasteiger partial charge in [0.25, 0.3) is 0 Å². The van der Waals surface area contributed by atoms with Crippen molar-refractivity contribution in [1.29, 1.82) is 0 Å². The molecule has 1 saturated heterocycles. The minimum absolute atomic E-state index is 0.0505. The van der Waals surface area contributed by atoms with Crippen molar-refractivity contribution < 1.29 is 33.9 Å². The lowest BCUT2D eigenvalue weighted by molar-refractivity contribution is -0.145. The Kier molecular flexibility index (Phi) is 22.2. The summed E-state index contributed by atoms with van der Waals surface area (Å²) >= 11 is 0. The molecule has 1 aliphatic heterocycles. The molecule has 1 fully saturated rings. The summed E-state index contributed by atoms with van der Waals surface area (Å²) in [5.74, 6) is -3.98. The first-order valence-corrected chi connectivity index (χ1v) is 19.0. The Hall–Kier alpha value is -4.03. The van der Waals surface area contributed by atoms with E-state index < -0.39 is 71.8 Å². The number of carbonyl (C=O) groups is 6. The lowest BCUT2D eigenvalue weighted by Gasteiger charge is -2.31. The number of amides is 5. The maximum atomic E-state index is 14.0. The quantitative estimate of drug-likeness (QED) is 0.0281. The maximum absolute atomic E-state index is 14.0. The van der Waals surface area contributed by atoms with E-state index in [-0.39, 0.29) is 56.6 Å². The molecule has 1 aliphatic rings. The van der Waals surface area contributed by atoms with Gasteiger partial charge in [-0.3, -0.25) is 29.0 Å². The number of hydrogen-bond donors (Lipinski definition) is 10. The Labute approximate surface area is 313 Å². The fourth-order valence-electron chi connectivity index (χ4n) is 6.19. The van der Waals surface area contributed by atoms with E-state index in [0.717, 1.165) is 0 Å². The molecular weight excluding hydrogens is 686 g/mol. The number of aliphatic imine (C=N–C) groups is 1. The van der Waals surface area contributed by atoms with Crippen LogP contribution in [0, 0.1) is 11.8 Å². The second-order valence-electron chi connectivity index (χ2n) is 14.7. The molecule has 0 bridgehead atoms. The number of guanidine groups is 1. The third kappa shape index (κ3) is 18.0. The molecule has 6 atom stereocenters.